The van der Waals surface area contributed by atoms with Crippen molar-refractivity contribution in [2.24, 2.45) is 5.73 Å². The van der Waals surface area contributed by atoms with Gasteiger partial charge in [0, 0.05) is 12.6 Å². The Morgan fingerprint density at radius 1 is 1.62 bits per heavy atom. The summed E-state index contributed by atoms with van der Waals surface area (Å²) in [5.74, 6) is 0.736. The molecule has 0 aromatic carbocycles. The average molecular weight is 287 g/mol. The molecule has 5 nitrogen and oxygen atoms in total. The summed E-state index contributed by atoms with van der Waals surface area (Å²) in [5, 5.41) is 0. The second-order valence-corrected chi connectivity index (χ2v) is 4.73. The average Bonchev–Trinajstić information content (AvgIpc) is 3.08. The van der Waals surface area contributed by atoms with Crippen molar-refractivity contribution in [2.75, 3.05) is 18.0 Å². The third-order valence-corrected chi connectivity index (χ3v) is 3.36. The number of aromatic nitrogens is 2. The van der Waals surface area contributed by atoms with Crippen LogP contribution < -0.4 is 16.2 Å². The van der Waals surface area contributed by atoms with Crippen LogP contribution in [-0.2, 0) is 0 Å². The minimum absolute atomic E-state index is 0.136. The van der Waals surface area contributed by atoms with Gasteiger partial charge in [-0.1, -0.05) is 0 Å². The van der Waals surface area contributed by atoms with Gasteiger partial charge in [0.05, 0.1) is 6.33 Å². The number of aromatic amines is 1. The molecule has 1 aliphatic rings. The van der Waals surface area contributed by atoms with E-state index in [1.54, 1.807) is 0 Å². The number of anilines is 1. The summed E-state index contributed by atoms with van der Waals surface area (Å²) in [7, 11) is 0. The predicted octanol–water partition coefficient (Wildman–Crippen LogP) is 0.850. The molecule has 6 heteroatoms. The van der Waals surface area contributed by atoms with E-state index in [9.17, 15) is 4.79 Å². The molecule has 0 saturated heterocycles. The Balaban J connectivity index is 2.24. The van der Waals surface area contributed by atoms with Crippen LogP contribution >= 0.6 is 15.9 Å². The normalized spacial score (nSPS) is 15.1. The molecule has 0 spiro atoms. The molecule has 1 saturated carbocycles. The lowest BCUT2D eigenvalue weighted by Gasteiger charge is -2.23. The number of nitrogens with zero attached hydrogens (tertiary/aromatic N) is 2. The van der Waals surface area contributed by atoms with Gasteiger partial charge in [0.1, 0.15) is 4.47 Å². The first-order chi connectivity index (χ1) is 7.74. The summed E-state index contributed by atoms with van der Waals surface area (Å²) in [5.41, 5.74) is 5.38. The van der Waals surface area contributed by atoms with Crippen molar-refractivity contribution in [1.82, 2.24) is 9.97 Å². The van der Waals surface area contributed by atoms with Crippen LogP contribution in [0, 0.1) is 0 Å². The van der Waals surface area contributed by atoms with Crippen LogP contribution in [0.15, 0.2) is 15.6 Å². The van der Waals surface area contributed by atoms with Gasteiger partial charge in [-0.3, -0.25) is 4.79 Å². The fourth-order valence-corrected chi connectivity index (χ4v) is 2.13. The lowest BCUT2D eigenvalue weighted by atomic mass is 10.3. The quantitative estimate of drug-likeness (QED) is 0.842. The molecule has 1 fully saturated rings. The molecule has 1 heterocycles. The first kappa shape index (κ1) is 11.6. The van der Waals surface area contributed by atoms with E-state index in [0.29, 0.717) is 17.1 Å². The van der Waals surface area contributed by atoms with Crippen LogP contribution in [0.3, 0.4) is 0 Å². The summed E-state index contributed by atoms with van der Waals surface area (Å²) in [4.78, 5) is 20.4. The summed E-state index contributed by atoms with van der Waals surface area (Å²) in [6.07, 6.45) is 4.70. The third kappa shape index (κ3) is 2.44. The van der Waals surface area contributed by atoms with Crippen LogP contribution in [0.1, 0.15) is 19.3 Å². The number of nitrogens with one attached hydrogen (secondary N) is 1. The van der Waals surface area contributed by atoms with E-state index in [4.69, 9.17) is 5.73 Å². The number of H-pyrrole nitrogens is 1. The van der Waals surface area contributed by atoms with Gasteiger partial charge in [0.15, 0.2) is 5.82 Å². The maximum Gasteiger partial charge on any atom is 0.267 e. The predicted molar refractivity (Wildman–Crippen MR) is 66.6 cm³/mol. The Hall–Kier alpha value is -0.880. The van der Waals surface area contributed by atoms with E-state index >= 15 is 0 Å². The Morgan fingerprint density at radius 2 is 2.38 bits per heavy atom. The van der Waals surface area contributed by atoms with E-state index in [1.807, 2.05) is 0 Å². The van der Waals surface area contributed by atoms with Crippen molar-refractivity contribution < 1.29 is 0 Å². The zero-order chi connectivity index (χ0) is 11.5. The van der Waals surface area contributed by atoms with E-state index < -0.39 is 0 Å². The molecule has 16 heavy (non-hydrogen) atoms. The minimum Gasteiger partial charge on any atom is -0.352 e. The summed E-state index contributed by atoms with van der Waals surface area (Å²) >= 11 is 3.29. The molecular weight excluding hydrogens is 272 g/mol. The first-order valence-corrected chi connectivity index (χ1v) is 6.23. The lowest BCUT2D eigenvalue weighted by molar-refractivity contribution is 0.718. The largest absolute Gasteiger partial charge is 0.352 e. The van der Waals surface area contributed by atoms with Crippen LogP contribution in [0.4, 0.5) is 5.82 Å². The molecule has 88 valence electrons. The van der Waals surface area contributed by atoms with Gasteiger partial charge in [-0.25, -0.2) is 4.98 Å². The highest BCUT2D eigenvalue weighted by atomic mass is 79.9. The Labute approximate surface area is 102 Å². The first-order valence-electron chi connectivity index (χ1n) is 5.44. The fourth-order valence-electron chi connectivity index (χ4n) is 1.68. The molecule has 3 N–H and O–H groups in total. The summed E-state index contributed by atoms with van der Waals surface area (Å²) in [6, 6.07) is 0.525. The van der Waals surface area contributed by atoms with Gasteiger partial charge in [0.2, 0.25) is 0 Å². The molecule has 1 aromatic rings. The van der Waals surface area contributed by atoms with Gasteiger partial charge < -0.3 is 15.6 Å². The SMILES string of the molecule is NCCCN(c1nc[nH]c(=O)c1Br)C1CC1. The maximum atomic E-state index is 11.5. The Kier molecular flexibility index (Phi) is 3.60. The van der Waals surface area contributed by atoms with E-state index in [1.165, 1.54) is 19.2 Å². The molecule has 1 aromatic heterocycles. The molecule has 0 amide bonds. The molecular formula is C10H15BrN4O. The monoisotopic (exact) mass is 286 g/mol. The van der Waals surface area contributed by atoms with Gasteiger partial charge >= 0.3 is 0 Å². The van der Waals surface area contributed by atoms with Crippen molar-refractivity contribution in [2.45, 2.75) is 25.3 Å². The maximum absolute atomic E-state index is 11.5. The highest BCUT2D eigenvalue weighted by Gasteiger charge is 2.31. The summed E-state index contributed by atoms with van der Waals surface area (Å²) in [6.45, 7) is 1.51. The van der Waals surface area contributed by atoms with E-state index in [2.05, 4.69) is 30.8 Å². The van der Waals surface area contributed by atoms with Crippen LogP contribution in [0.25, 0.3) is 0 Å². The Morgan fingerprint density at radius 3 is 3.00 bits per heavy atom. The van der Waals surface area contributed by atoms with Crippen LogP contribution in [-0.4, -0.2) is 29.1 Å². The van der Waals surface area contributed by atoms with Gasteiger partial charge in [-0.2, -0.15) is 0 Å². The topological polar surface area (TPSA) is 75.0 Å². The van der Waals surface area contributed by atoms with E-state index in [0.717, 1.165) is 18.8 Å². The summed E-state index contributed by atoms with van der Waals surface area (Å²) < 4.78 is 0.513. The van der Waals surface area contributed by atoms with Crippen molar-refractivity contribution in [1.29, 1.82) is 0 Å². The standard InChI is InChI=1S/C10H15BrN4O/c11-8-9(13-6-14-10(8)16)15(5-1-4-12)7-2-3-7/h6-7H,1-5,12H2,(H,13,14,16). The number of halogens is 1. The fraction of sp³-hybridized carbons (Fsp3) is 0.600. The van der Waals surface area contributed by atoms with Crippen molar-refractivity contribution in [3.8, 4) is 0 Å². The second kappa shape index (κ2) is 4.97. The smallest absolute Gasteiger partial charge is 0.267 e. The number of hydrogen-bond acceptors (Lipinski definition) is 4. The molecule has 0 atom stereocenters. The van der Waals surface area contributed by atoms with E-state index in [-0.39, 0.29) is 5.56 Å². The lowest BCUT2D eigenvalue weighted by Crippen LogP contribution is -2.31. The Bertz CT molecular complexity index is 416. The van der Waals surface area contributed by atoms with Crippen molar-refractivity contribution in [3.63, 3.8) is 0 Å². The van der Waals surface area contributed by atoms with Gasteiger partial charge in [-0.05, 0) is 41.7 Å². The molecule has 0 radical (unpaired) electrons. The molecule has 0 bridgehead atoms. The molecule has 2 rings (SSSR count). The zero-order valence-electron chi connectivity index (χ0n) is 8.95. The number of rotatable bonds is 5. The van der Waals surface area contributed by atoms with Crippen LogP contribution in [0.5, 0.6) is 0 Å². The van der Waals surface area contributed by atoms with Crippen molar-refractivity contribution in [3.05, 3.63) is 21.2 Å². The number of nitrogens with two attached hydrogens (primary N) is 1. The molecule has 0 unspecified atom stereocenters. The highest BCUT2D eigenvalue weighted by molar-refractivity contribution is 9.10. The highest BCUT2D eigenvalue weighted by Crippen LogP contribution is 2.32. The van der Waals surface area contributed by atoms with Gasteiger partial charge in [-0.15, -0.1) is 0 Å². The minimum atomic E-state index is -0.136. The third-order valence-electron chi connectivity index (χ3n) is 2.64. The van der Waals surface area contributed by atoms with Gasteiger partial charge in [0.25, 0.3) is 5.56 Å². The molecule has 1 aliphatic carbocycles. The van der Waals surface area contributed by atoms with Crippen molar-refractivity contribution >= 4 is 21.7 Å². The van der Waals surface area contributed by atoms with Crippen LogP contribution in [0.2, 0.25) is 0 Å². The molecule has 0 aliphatic heterocycles. The zero-order valence-corrected chi connectivity index (χ0v) is 10.5. The number of hydrogen-bond donors (Lipinski definition) is 2. The second-order valence-electron chi connectivity index (χ2n) is 3.94.